The highest BCUT2D eigenvalue weighted by molar-refractivity contribution is 6.19. The molecular formula is C29H30ClNO5. The molecule has 5 rings (SSSR count). The van der Waals surface area contributed by atoms with E-state index in [9.17, 15) is 4.79 Å². The molecule has 0 radical (unpaired) electrons. The van der Waals surface area contributed by atoms with E-state index in [1.54, 1.807) is 20.3 Å². The average Bonchev–Trinajstić information content (AvgIpc) is 3.56. The van der Waals surface area contributed by atoms with Crippen molar-refractivity contribution in [1.82, 2.24) is 4.90 Å². The van der Waals surface area contributed by atoms with Crippen LogP contribution in [-0.4, -0.2) is 51.1 Å². The number of fused-ring (bicyclic) bond motifs is 1. The van der Waals surface area contributed by atoms with Crippen molar-refractivity contribution in [3.8, 4) is 28.6 Å². The van der Waals surface area contributed by atoms with E-state index in [0.717, 1.165) is 42.1 Å². The largest absolute Gasteiger partial charge is 0.497 e. The van der Waals surface area contributed by atoms with E-state index in [-0.39, 0.29) is 18.2 Å². The number of nitrogens with zero attached hydrogens (tertiary/aromatic N) is 1. The lowest BCUT2D eigenvalue weighted by Gasteiger charge is -2.15. The third kappa shape index (κ3) is 5.35. The van der Waals surface area contributed by atoms with E-state index in [4.69, 9.17) is 18.6 Å². The SMILES string of the molecule is COc1ccc(-c2oc3cc(OC)ccc3c2C(=O)c2ccc(OCCN3CCCC3)cc2)cc1.Cl. The highest BCUT2D eigenvalue weighted by Crippen LogP contribution is 2.37. The van der Waals surface area contributed by atoms with Crippen LogP contribution in [0.15, 0.2) is 71.1 Å². The van der Waals surface area contributed by atoms with Crippen LogP contribution in [0.2, 0.25) is 0 Å². The molecule has 2 heterocycles. The number of carbonyl (C=O) groups excluding carboxylic acids is 1. The molecule has 1 fully saturated rings. The van der Waals surface area contributed by atoms with Crippen molar-refractivity contribution in [3.05, 3.63) is 77.9 Å². The zero-order valence-corrected chi connectivity index (χ0v) is 21.3. The molecule has 7 heteroatoms. The summed E-state index contributed by atoms with van der Waals surface area (Å²) in [5, 5.41) is 0.743. The summed E-state index contributed by atoms with van der Waals surface area (Å²) in [5.41, 5.74) is 2.49. The number of halogens is 1. The number of hydrogen-bond donors (Lipinski definition) is 0. The molecule has 1 aliphatic heterocycles. The number of methoxy groups -OCH3 is 2. The first-order valence-electron chi connectivity index (χ1n) is 11.9. The second-order valence-corrected chi connectivity index (χ2v) is 8.65. The number of hydrogen-bond acceptors (Lipinski definition) is 6. The minimum atomic E-state index is -0.108. The summed E-state index contributed by atoms with van der Waals surface area (Å²) in [6, 6.07) is 20.3. The van der Waals surface area contributed by atoms with Crippen molar-refractivity contribution in [3.63, 3.8) is 0 Å². The van der Waals surface area contributed by atoms with Crippen LogP contribution in [-0.2, 0) is 0 Å². The Morgan fingerprint density at radius 3 is 2.17 bits per heavy atom. The first kappa shape index (κ1) is 25.6. The second-order valence-electron chi connectivity index (χ2n) is 8.65. The Bertz CT molecular complexity index is 1310. The van der Waals surface area contributed by atoms with Gasteiger partial charge in [0.05, 0.1) is 19.8 Å². The Hall–Kier alpha value is -3.48. The average molecular weight is 508 g/mol. The maximum Gasteiger partial charge on any atom is 0.197 e. The summed E-state index contributed by atoms with van der Waals surface area (Å²) in [6.45, 7) is 3.87. The maximum atomic E-state index is 13.7. The number of ketones is 1. The first-order chi connectivity index (χ1) is 17.2. The molecule has 188 valence electrons. The Labute approximate surface area is 217 Å². The predicted molar refractivity (Wildman–Crippen MR) is 143 cm³/mol. The zero-order valence-electron chi connectivity index (χ0n) is 20.5. The van der Waals surface area contributed by atoms with Crippen LogP contribution in [0.25, 0.3) is 22.3 Å². The third-order valence-electron chi connectivity index (χ3n) is 6.47. The Morgan fingerprint density at radius 2 is 1.50 bits per heavy atom. The van der Waals surface area contributed by atoms with Crippen LogP contribution < -0.4 is 14.2 Å². The van der Waals surface area contributed by atoms with Gasteiger partial charge in [0.1, 0.15) is 35.2 Å². The molecule has 3 aromatic carbocycles. The van der Waals surface area contributed by atoms with E-state index >= 15 is 0 Å². The van der Waals surface area contributed by atoms with Crippen molar-refractivity contribution >= 4 is 29.2 Å². The van der Waals surface area contributed by atoms with Crippen molar-refractivity contribution in [2.45, 2.75) is 12.8 Å². The van der Waals surface area contributed by atoms with Crippen LogP contribution >= 0.6 is 12.4 Å². The van der Waals surface area contributed by atoms with Gasteiger partial charge in [-0.05, 0) is 86.6 Å². The van der Waals surface area contributed by atoms with Gasteiger partial charge in [0.2, 0.25) is 0 Å². The summed E-state index contributed by atoms with van der Waals surface area (Å²) in [4.78, 5) is 16.1. The molecule has 36 heavy (non-hydrogen) atoms. The molecule has 0 aliphatic carbocycles. The van der Waals surface area contributed by atoms with E-state index < -0.39 is 0 Å². The lowest BCUT2D eigenvalue weighted by Crippen LogP contribution is -2.25. The summed E-state index contributed by atoms with van der Waals surface area (Å²) in [6.07, 6.45) is 2.54. The van der Waals surface area contributed by atoms with Crippen LogP contribution in [0.5, 0.6) is 17.2 Å². The van der Waals surface area contributed by atoms with Gasteiger partial charge in [-0.25, -0.2) is 0 Å². The third-order valence-corrected chi connectivity index (χ3v) is 6.47. The van der Waals surface area contributed by atoms with E-state index in [0.29, 0.717) is 34.8 Å². The maximum absolute atomic E-state index is 13.7. The monoisotopic (exact) mass is 507 g/mol. The number of likely N-dealkylation sites (tertiary alicyclic amines) is 1. The van der Waals surface area contributed by atoms with Crippen molar-refractivity contribution < 1.29 is 23.4 Å². The van der Waals surface area contributed by atoms with Gasteiger partial charge >= 0.3 is 0 Å². The molecule has 1 aromatic heterocycles. The molecule has 4 aromatic rings. The predicted octanol–water partition coefficient (Wildman–Crippen LogP) is 6.24. The molecule has 1 aliphatic rings. The van der Waals surface area contributed by atoms with Gasteiger partial charge < -0.3 is 18.6 Å². The molecule has 0 amide bonds. The van der Waals surface area contributed by atoms with Crippen LogP contribution in [0.3, 0.4) is 0 Å². The molecule has 0 N–H and O–H groups in total. The standard InChI is InChI=1S/C29H29NO5.ClH/c1-32-22-9-7-21(8-10-22)29-27(25-14-13-24(33-2)19-26(25)35-29)28(31)20-5-11-23(12-6-20)34-18-17-30-15-3-4-16-30;/h5-14,19H,3-4,15-18H2,1-2H3;1H. The molecular weight excluding hydrogens is 478 g/mol. The van der Waals surface area contributed by atoms with Gasteiger partial charge in [0.15, 0.2) is 5.78 Å². The Balaban J connectivity index is 0.00000304. The summed E-state index contributed by atoms with van der Waals surface area (Å²) >= 11 is 0. The fourth-order valence-corrected chi connectivity index (χ4v) is 4.52. The fraction of sp³-hybridized carbons (Fsp3) is 0.276. The number of carbonyl (C=O) groups is 1. The summed E-state index contributed by atoms with van der Waals surface area (Å²) in [5.74, 6) is 2.58. The highest BCUT2D eigenvalue weighted by Gasteiger charge is 2.24. The quantitative estimate of drug-likeness (QED) is 0.250. The lowest BCUT2D eigenvalue weighted by molar-refractivity contribution is 0.104. The van der Waals surface area contributed by atoms with Crippen molar-refractivity contribution in [1.29, 1.82) is 0 Å². The fourth-order valence-electron chi connectivity index (χ4n) is 4.52. The topological polar surface area (TPSA) is 61.1 Å². The number of furan rings is 1. The van der Waals surface area contributed by atoms with E-state index in [2.05, 4.69) is 4.90 Å². The number of ether oxygens (including phenoxy) is 3. The molecule has 0 bridgehead atoms. The minimum Gasteiger partial charge on any atom is -0.497 e. The number of rotatable bonds is 9. The molecule has 6 nitrogen and oxygen atoms in total. The Kier molecular flexibility index (Phi) is 8.18. The van der Waals surface area contributed by atoms with Crippen LogP contribution in [0, 0.1) is 0 Å². The van der Waals surface area contributed by atoms with Gasteiger partial charge in [-0.15, -0.1) is 12.4 Å². The van der Waals surface area contributed by atoms with Gasteiger partial charge in [0.25, 0.3) is 0 Å². The zero-order chi connectivity index (χ0) is 24.2. The van der Waals surface area contributed by atoms with Crippen molar-refractivity contribution in [2.24, 2.45) is 0 Å². The molecule has 0 spiro atoms. The normalized spacial score (nSPS) is 13.4. The van der Waals surface area contributed by atoms with Crippen LogP contribution in [0.4, 0.5) is 0 Å². The molecule has 0 unspecified atom stereocenters. The Morgan fingerprint density at radius 1 is 0.861 bits per heavy atom. The molecule has 1 saturated heterocycles. The summed E-state index contributed by atoms with van der Waals surface area (Å²) < 4.78 is 22.7. The summed E-state index contributed by atoms with van der Waals surface area (Å²) in [7, 11) is 3.23. The highest BCUT2D eigenvalue weighted by atomic mass is 35.5. The van der Waals surface area contributed by atoms with Gasteiger partial charge in [0, 0.05) is 29.1 Å². The van der Waals surface area contributed by atoms with E-state index in [1.807, 2.05) is 60.7 Å². The van der Waals surface area contributed by atoms with Gasteiger partial charge in [-0.2, -0.15) is 0 Å². The molecule has 0 atom stereocenters. The van der Waals surface area contributed by atoms with Crippen LogP contribution in [0.1, 0.15) is 28.8 Å². The first-order valence-corrected chi connectivity index (χ1v) is 11.9. The van der Waals surface area contributed by atoms with E-state index in [1.165, 1.54) is 12.8 Å². The minimum absolute atomic E-state index is 0. The second kappa shape index (κ2) is 11.5. The molecule has 0 saturated carbocycles. The number of benzene rings is 3. The van der Waals surface area contributed by atoms with Crippen molar-refractivity contribution in [2.75, 3.05) is 40.5 Å². The lowest BCUT2D eigenvalue weighted by atomic mass is 9.97. The van der Waals surface area contributed by atoms with Gasteiger partial charge in [-0.3, -0.25) is 9.69 Å². The smallest absolute Gasteiger partial charge is 0.197 e. The van der Waals surface area contributed by atoms with Gasteiger partial charge in [-0.1, -0.05) is 0 Å².